The summed E-state index contributed by atoms with van der Waals surface area (Å²) in [5, 5.41) is 10.3. The Labute approximate surface area is 112 Å². The molecule has 2 unspecified atom stereocenters. The van der Waals surface area contributed by atoms with Gasteiger partial charge in [-0.15, -0.1) is 0 Å². The number of nitrogens with zero attached hydrogens (tertiary/aromatic N) is 2. The van der Waals surface area contributed by atoms with E-state index in [1.807, 2.05) is 0 Å². The summed E-state index contributed by atoms with van der Waals surface area (Å²) in [6.07, 6.45) is 8.44. The van der Waals surface area contributed by atoms with E-state index in [1.54, 1.807) is 0 Å². The number of hydrogen-bond donors (Lipinski definition) is 1. The molecule has 0 aromatic heterocycles. The van der Waals surface area contributed by atoms with Gasteiger partial charge in [-0.25, -0.2) is 0 Å². The van der Waals surface area contributed by atoms with Crippen LogP contribution in [0.25, 0.3) is 0 Å². The van der Waals surface area contributed by atoms with Crippen LogP contribution < -0.4 is 0 Å². The maximum Gasteiger partial charge on any atom is 0.0695 e. The smallest absolute Gasteiger partial charge is 0.0695 e. The maximum absolute atomic E-state index is 10.3. The fourth-order valence-electron chi connectivity index (χ4n) is 3.66. The topological polar surface area (TPSA) is 26.7 Å². The van der Waals surface area contributed by atoms with Crippen molar-refractivity contribution < 1.29 is 5.11 Å². The highest BCUT2D eigenvalue weighted by atomic mass is 16.3. The SMILES string of the molecule is CCN1CCC(N(C)C2CCCCCC2O)CC1. The Bertz CT molecular complexity index is 239. The van der Waals surface area contributed by atoms with Crippen molar-refractivity contribution in [2.24, 2.45) is 0 Å². The van der Waals surface area contributed by atoms with E-state index >= 15 is 0 Å². The molecule has 0 radical (unpaired) electrons. The first-order chi connectivity index (χ1) is 8.72. The molecule has 2 fully saturated rings. The predicted octanol–water partition coefficient (Wildman–Crippen LogP) is 2.10. The first kappa shape index (κ1) is 14.3. The lowest BCUT2D eigenvalue weighted by molar-refractivity contribution is 0.0176. The molecule has 2 rings (SSSR count). The molecule has 18 heavy (non-hydrogen) atoms. The molecule has 3 nitrogen and oxygen atoms in total. The third-order valence-corrected chi connectivity index (χ3v) is 5.05. The number of likely N-dealkylation sites (N-methyl/N-ethyl adjacent to an activating group) is 1. The molecule has 2 aliphatic rings. The molecule has 1 saturated carbocycles. The Kier molecular flexibility index (Phi) is 5.46. The van der Waals surface area contributed by atoms with Gasteiger partial charge in [-0.1, -0.05) is 26.2 Å². The summed E-state index contributed by atoms with van der Waals surface area (Å²) in [7, 11) is 2.24. The molecule has 1 aliphatic carbocycles. The average molecular weight is 254 g/mol. The monoisotopic (exact) mass is 254 g/mol. The lowest BCUT2D eigenvalue weighted by Gasteiger charge is -2.41. The summed E-state index contributed by atoms with van der Waals surface area (Å²) in [6, 6.07) is 1.09. The number of likely N-dealkylation sites (tertiary alicyclic amines) is 1. The third-order valence-electron chi connectivity index (χ3n) is 5.05. The van der Waals surface area contributed by atoms with Crippen molar-refractivity contribution >= 4 is 0 Å². The summed E-state index contributed by atoms with van der Waals surface area (Å²) in [4.78, 5) is 5.04. The van der Waals surface area contributed by atoms with Gasteiger partial charge in [0.2, 0.25) is 0 Å². The lowest BCUT2D eigenvalue weighted by Crippen LogP contribution is -2.50. The van der Waals surface area contributed by atoms with Crippen molar-refractivity contribution in [3.8, 4) is 0 Å². The minimum Gasteiger partial charge on any atom is -0.391 e. The van der Waals surface area contributed by atoms with Crippen molar-refractivity contribution in [2.75, 3.05) is 26.7 Å². The summed E-state index contributed by atoms with van der Waals surface area (Å²) in [5.41, 5.74) is 0. The summed E-state index contributed by atoms with van der Waals surface area (Å²) >= 11 is 0. The van der Waals surface area contributed by atoms with Gasteiger partial charge in [0.05, 0.1) is 6.10 Å². The number of rotatable bonds is 3. The van der Waals surface area contributed by atoms with Gasteiger partial charge < -0.3 is 10.0 Å². The molecule has 1 N–H and O–H groups in total. The van der Waals surface area contributed by atoms with Gasteiger partial charge in [-0.05, 0) is 52.4 Å². The molecular formula is C15H30N2O. The Morgan fingerprint density at radius 2 is 1.72 bits per heavy atom. The first-order valence-corrected chi connectivity index (χ1v) is 7.84. The Morgan fingerprint density at radius 3 is 2.39 bits per heavy atom. The molecule has 1 heterocycles. The highest BCUT2D eigenvalue weighted by Crippen LogP contribution is 2.26. The van der Waals surface area contributed by atoms with Crippen molar-refractivity contribution in [3.05, 3.63) is 0 Å². The molecule has 0 bridgehead atoms. The molecule has 106 valence electrons. The highest BCUT2D eigenvalue weighted by Gasteiger charge is 2.31. The maximum atomic E-state index is 10.3. The van der Waals surface area contributed by atoms with Gasteiger partial charge >= 0.3 is 0 Å². The zero-order valence-corrected chi connectivity index (χ0v) is 12.1. The van der Waals surface area contributed by atoms with Crippen LogP contribution in [0.2, 0.25) is 0 Å². The van der Waals surface area contributed by atoms with Crippen LogP contribution in [0.15, 0.2) is 0 Å². The van der Waals surface area contributed by atoms with Crippen LogP contribution >= 0.6 is 0 Å². The molecule has 1 saturated heterocycles. The predicted molar refractivity (Wildman–Crippen MR) is 75.8 cm³/mol. The number of piperidine rings is 1. The quantitative estimate of drug-likeness (QED) is 0.781. The third kappa shape index (κ3) is 3.46. The van der Waals surface area contributed by atoms with Gasteiger partial charge in [0.15, 0.2) is 0 Å². The normalized spacial score (nSPS) is 32.7. The van der Waals surface area contributed by atoms with E-state index in [4.69, 9.17) is 0 Å². The second-order valence-corrected chi connectivity index (χ2v) is 6.10. The van der Waals surface area contributed by atoms with E-state index in [0.717, 1.165) is 6.42 Å². The standard InChI is InChI=1S/C15H30N2O/c1-3-17-11-9-13(10-12-17)16(2)14-7-5-4-6-8-15(14)18/h13-15,18H,3-12H2,1-2H3. The van der Waals surface area contributed by atoms with Crippen LogP contribution in [0.4, 0.5) is 0 Å². The van der Waals surface area contributed by atoms with Gasteiger partial charge in [0.25, 0.3) is 0 Å². The molecule has 0 spiro atoms. The molecular weight excluding hydrogens is 224 g/mol. The van der Waals surface area contributed by atoms with Crippen molar-refractivity contribution in [2.45, 2.75) is 70.1 Å². The lowest BCUT2D eigenvalue weighted by atomic mass is 9.97. The van der Waals surface area contributed by atoms with Gasteiger partial charge in [-0.3, -0.25) is 4.90 Å². The Balaban J connectivity index is 1.87. The first-order valence-electron chi connectivity index (χ1n) is 7.84. The van der Waals surface area contributed by atoms with E-state index < -0.39 is 0 Å². The van der Waals surface area contributed by atoms with Crippen LogP contribution in [-0.2, 0) is 0 Å². The zero-order chi connectivity index (χ0) is 13.0. The average Bonchev–Trinajstić information content (AvgIpc) is 2.63. The van der Waals surface area contributed by atoms with Crippen LogP contribution in [0.5, 0.6) is 0 Å². The molecule has 1 aliphatic heterocycles. The van der Waals surface area contributed by atoms with Crippen molar-refractivity contribution in [1.29, 1.82) is 0 Å². The largest absolute Gasteiger partial charge is 0.391 e. The van der Waals surface area contributed by atoms with Crippen LogP contribution in [0, 0.1) is 0 Å². The van der Waals surface area contributed by atoms with E-state index in [1.165, 1.54) is 58.2 Å². The minimum absolute atomic E-state index is 0.0956. The molecule has 0 amide bonds. The second kappa shape index (κ2) is 6.88. The highest BCUT2D eigenvalue weighted by molar-refractivity contribution is 4.86. The van der Waals surface area contributed by atoms with Crippen LogP contribution in [0.1, 0.15) is 51.9 Å². The van der Waals surface area contributed by atoms with E-state index in [-0.39, 0.29) is 6.10 Å². The van der Waals surface area contributed by atoms with Crippen molar-refractivity contribution in [3.63, 3.8) is 0 Å². The molecule has 0 aromatic rings. The molecule has 0 aromatic carbocycles. The minimum atomic E-state index is -0.0956. The van der Waals surface area contributed by atoms with E-state index in [9.17, 15) is 5.11 Å². The number of aliphatic hydroxyl groups is 1. The second-order valence-electron chi connectivity index (χ2n) is 6.10. The number of aliphatic hydroxyl groups excluding tert-OH is 1. The Morgan fingerprint density at radius 1 is 1.06 bits per heavy atom. The Hall–Kier alpha value is -0.120. The van der Waals surface area contributed by atoms with Gasteiger partial charge in [-0.2, -0.15) is 0 Å². The fourth-order valence-corrected chi connectivity index (χ4v) is 3.66. The van der Waals surface area contributed by atoms with Gasteiger partial charge in [0.1, 0.15) is 0 Å². The van der Waals surface area contributed by atoms with E-state index in [0.29, 0.717) is 12.1 Å². The zero-order valence-electron chi connectivity index (χ0n) is 12.1. The van der Waals surface area contributed by atoms with Crippen molar-refractivity contribution in [1.82, 2.24) is 9.80 Å². The van der Waals surface area contributed by atoms with E-state index in [2.05, 4.69) is 23.8 Å². The summed E-state index contributed by atoms with van der Waals surface area (Å²) < 4.78 is 0. The molecule has 3 heteroatoms. The summed E-state index contributed by atoms with van der Waals surface area (Å²) in [5.74, 6) is 0. The van der Waals surface area contributed by atoms with Crippen LogP contribution in [0.3, 0.4) is 0 Å². The molecule has 2 atom stereocenters. The number of hydrogen-bond acceptors (Lipinski definition) is 3. The fraction of sp³-hybridized carbons (Fsp3) is 1.00. The van der Waals surface area contributed by atoms with Crippen LogP contribution in [-0.4, -0.2) is 59.8 Å². The van der Waals surface area contributed by atoms with Gasteiger partial charge in [0, 0.05) is 12.1 Å². The summed E-state index contributed by atoms with van der Waals surface area (Å²) in [6.45, 7) is 5.89.